The lowest BCUT2D eigenvalue weighted by atomic mass is 10.1. The van der Waals surface area contributed by atoms with Crippen molar-refractivity contribution in [3.8, 4) is 0 Å². The number of ketones is 1. The van der Waals surface area contributed by atoms with Crippen LogP contribution in [-0.4, -0.2) is 36.4 Å². The molecule has 0 heterocycles. The number of carbonyl (C=O) groups is 3. The molecular formula is C14H23N3O4. The standard InChI is InChI=1S/C14H23N3O4/c1-4-12(13(15)19)8-5-9-16-14(20)21-17(3)10-6-7-11(2)18/h4-5,9,12H,1,6-8,10H2,2-3H3,(H2,15,19)(H,16,20)/b9-5+. The summed E-state index contributed by atoms with van der Waals surface area (Å²) in [6.45, 7) is 5.48. The molecule has 0 rings (SSSR count). The number of hydrogen-bond acceptors (Lipinski definition) is 5. The fourth-order valence-corrected chi connectivity index (χ4v) is 1.43. The van der Waals surface area contributed by atoms with Crippen molar-refractivity contribution in [3.05, 3.63) is 24.9 Å². The summed E-state index contributed by atoms with van der Waals surface area (Å²) in [5, 5.41) is 3.74. The van der Waals surface area contributed by atoms with E-state index in [0.717, 1.165) is 0 Å². The number of allylic oxidation sites excluding steroid dienone is 1. The number of rotatable bonds is 10. The zero-order valence-electron chi connectivity index (χ0n) is 12.5. The van der Waals surface area contributed by atoms with Gasteiger partial charge in [0, 0.05) is 26.2 Å². The molecule has 0 bridgehead atoms. The summed E-state index contributed by atoms with van der Waals surface area (Å²) in [5.41, 5.74) is 5.14. The normalized spacial score (nSPS) is 12.1. The highest BCUT2D eigenvalue weighted by molar-refractivity contribution is 5.78. The van der Waals surface area contributed by atoms with E-state index in [1.54, 1.807) is 13.1 Å². The number of Topliss-reactive ketones (excluding diaryl/α,β-unsaturated/α-hetero) is 1. The van der Waals surface area contributed by atoms with Gasteiger partial charge in [-0.3, -0.25) is 10.1 Å². The molecule has 0 saturated heterocycles. The van der Waals surface area contributed by atoms with Gasteiger partial charge in [0.1, 0.15) is 5.78 Å². The van der Waals surface area contributed by atoms with Crippen LogP contribution in [0, 0.1) is 5.92 Å². The molecule has 0 radical (unpaired) electrons. The van der Waals surface area contributed by atoms with E-state index in [2.05, 4.69) is 11.9 Å². The van der Waals surface area contributed by atoms with Crippen LogP contribution >= 0.6 is 0 Å². The van der Waals surface area contributed by atoms with Crippen LogP contribution in [0.2, 0.25) is 0 Å². The molecule has 1 atom stereocenters. The zero-order valence-corrected chi connectivity index (χ0v) is 12.5. The first kappa shape index (κ1) is 18.9. The maximum absolute atomic E-state index is 11.4. The third-order valence-corrected chi connectivity index (χ3v) is 2.60. The molecule has 7 nitrogen and oxygen atoms in total. The molecular weight excluding hydrogens is 274 g/mol. The van der Waals surface area contributed by atoms with E-state index in [1.807, 2.05) is 0 Å². The Morgan fingerprint density at radius 2 is 2.10 bits per heavy atom. The van der Waals surface area contributed by atoms with Gasteiger partial charge < -0.3 is 15.4 Å². The second kappa shape index (κ2) is 10.6. The van der Waals surface area contributed by atoms with Crippen LogP contribution in [0.4, 0.5) is 4.79 Å². The van der Waals surface area contributed by atoms with Crippen LogP contribution in [0.1, 0.15) is 26.2 Å². The van der Waals surface area contributed by atoms with Gasteiger partial charge in [-0.15, -0.1) is 11.6 Å². The smallest absolute Gasteiger partial charge is 0.369 e. The van der Waals surface area contributed by atoms with Crippen molar-refractivity contribution in [1.29, 1.82) is 0 Å². The molecule has 7 heteroatoms. The first-order valence-corrected chi connectivity index (χ1v) is 6.62. The fraction of sp³-hybridized carbons (Fsp3) is 0.500. The fourth-order valence-electron chi connectivity index (χ4n) is 1.43. The highest BCUT2D eigenvalue weighted by Crippen LogP contribution is 2.03. The average Bonchev–Trinajstić information content (AvgIpc) is 2.37. The van der Waals surface area contributed by atoms with E-state index in [-0.39, 0.29) is 5.78 Å². The third-order valence-electron chi connectivity index (χ3n) is 2.60. The number of nitrogens with zero attached hydrogens (tertiary/aromatic N) is 1. The van der Waals surface area contributed by atoms with Gasteiger partial charge in [-0.1, -0.05) is 12.2 Å². The van der Waals surface area contributed by atoms with Crippen LogP contribution in [0.25, 0.3) is 0 Å². The molecule has 0 spiro atoms. The predicted octanol–water partition coefficient (Wildman–Crippen LogP) is 1.12. The SMILES string of the molecule is C=CC(C/C=C/NC(=O)ON(C)CCCC(C)=O)C(N)=O. The molecule has 0 saturated carbocycles. The minimum atomic E-state index is -0.647. The number of amides is 2. The molecule has 1 unspecified atom stereocenters. The third kappa shape index (κ3) is 10.3. The first-order valence-electron chi connectivity index (χ1n) is 6.62. The van der Waals surface area contributed by atoms with Crippen LogP contribution < -0.4 is 11.1 Å². The molecule has 3 N–H and O–H groups in total. The first-order chi connectivity index (χ1) is 9.86. The molecule has 0 aliphatic heterocycles. The van der Waals surface area contributed by atoms with Gasteiger partial charge in [0.25, 0.3) is 0 Å². The number of primary amides is 1. The maximum Gasteiger partial charge on any atom is 0.430 e. The van der Waals surface area contributed by atoms with E-state index < -0.39 is 17.9 Å². The van der Waals surface area contributed by atoms with E-state index in [4.69, 9.17) is 10.6 Å². The largest absolute Gasteiger partial charge is 0.430 e. The monoisotopic (exact) mass is 297 g/mol. The summed E-state index contributed by atoms with van der Waals surface area (Å²) in [5.74, 6) is -0.835. The number of carbonyl (C=O) groups excluding carboxylic acids is 3. The average molecular weight is 297 g/mol. The maximum atomic E-state index is 11.4. The Balaban J connectivity index is 3.90. The Morgan fingerprint density at radius 3 is 2.62 bits per heavy atom. The Kier molecular flexibility index (Phi) is 9.53. The molecule has 0 aromatic heterocycles. The summed E-state index contributed by atoms with van der Waals surface area (Å²) in [7, 11) is 1.60. The minimum absolute atomic E-state index is 0.0991. The summed E-state index contributed by atoms with van der Waals surface area (Å²) < 4.78 is 0. The summed E-state index contributed by atoms with van der Waals surface area (Å²) >= 11 is 0. The summed E-state index contributed by atoms with van der Waals surface area (Å²) in [6.07, 6.45) is 5.20. The van der Waals surface area contributed by atoms with Gasteiger partial charge in [0.2, 0.25) is 5.91 Å². The number of hydroxylamine groups is 2. The lowest BCUT2D eigenvalue weighted by molar-refractivity contribution is -0.120. The van der Waals surface area contributed by atoms with Crippen LogP contribution in [0.5, 0.6) is 0 Å². The van der Waals surface area contributed by atoms with Crippen LogP contribution in [0.3, 0.4) is 0 Å². The minimum Gasteiger partial charge on any atom is -0.369 e. The zero-order chi connectivity index (χ0) is 16.3. The van der Waals surface area contributed by atoms with Crippen molar-refractivity contribution in [2.24, 2.45) is 11.7 Å². The Labute approximate surface area is 124 Å². The van der Waals surface area contributed by atoms with Crippen molar-refractivity contribution in [3.63, 3.8) is 0 Å². The summed E-state index contributed by atoms with van der Waals surface area (Å²) in [4.78, 5) is 38.0. The molecule has 2 amide bonds. The van der Waals surface area contributed by atoms with Crippen molar-refractivity contribution < 1.29 is 19.2 Å². The van der Waals surface area contributed by atoms with E-state index >= 15 is 0 Å². The van der Waals surface area contributed by atoms with Crippen LogP contribution in [-0.2, 0) is 14.4 Å². The topological polar surface area (TPSA) is 102 Å². The number of nitrogens with two attached hydrogens (primary N) is 1. The van der Waals surface area contributed by atoms with Gasteiger partial charge in [-0.05, 0) is 19.8 Å². The molecule has 0 aliphatic carbocycles. The van der Waals surface area contributed by atoms with Gasteiger partial charge >= 0.3 is 6.09 Å². The quantitative estimate of drug-likeness (QED) is 0.465. The van der Waals surface area contributed by atoms with E-state index in [0.29, 0.717) is 25.8 Å². The highest BCUT2D eigenvalue weighted by atomic mass is 16.7. The van der Waals surface area contributed by atoms with E-state index in [9.17, 15) is 14.4 Å². The van der Waals surface area contributed by atoms with Crippen molar-refractivity contribution in [2.45, 2.75) is 26.2 Å². The molecule has 0 fully saturated rings. The lowest BCUT2D eigenvalue weighted by Crippen LogP contribution is -2.29. The Morgan fingerprint density at radius 1 is 1.43 bits per heavy atom. The van der Waals surface area contributed by atoms with Gasteiger partial charge in [-0.25, -0.2) is 4.79 Å². The summed E-state index contributed by atoms with van der Waals surface area (Å²) in [6, 6.07) is 0. The predicted molar refractivity (Wildman–Crippen MR) is 78.8 cm³/mol. The lowest BCUT2D eigenvalue weighted by Gasteiger charge is -2.15. The molecule has 0 aromatic carbocycles. The van der Waals surface area contributed by atoms with Crippen molar-refractivity contribution in [2.75, 3.05) is 13.6 Å². The van der Waals surface area contributed by atoms with Crippen LogP contribution in [0.15, 0.2) is 24.9 Å². The van der Waals surface area contributed by atoms with Gasteiger partial charge in [-0.2, -0.15) is 0 Å². The van der Waals surface area contributed by atoms with Gasteiger partial charge in [0.15, 0.2) is 0 Å². The molecule has 0 aliphatic rings. The van der Waals surface area contributed by atoms with Crippen molar-refractivity contribution >= 4 is 17.8 Å². The Hall–Kier alpha value is -2.15. The second-order valence-corrected chi connectivity index (χ2v) is 4.56. The van der Waals surface area contributed by atoms with Gasteiger partial charge in [0.05, 0.1) is 5.92 Å². The highest BCUT2D eigenvalue weighted by Gasteiger charge is 2.08. The molecule has 118 valence electrons. The second-order valence-electron chi connectivity index (χ2n) is 4.56. The molecule has 21 heavy (non-hydrogen) atoms. The van der Waals surface area contributed by atoms with E-state index in [1.165, 1.54) is 24.3 Å². The van der Waals surface area contributed by atoms with Crippen molar-refractivity contribution in [1.82, 2.24) is 10.4 Å². The Bertz CT molecular complexity index is 407. The molecule has 0 aromatic rings. The number of hydrogen-bond donors (Lipinski definition) is 2. The number of nitrogens with one attached hydrogen (secondary N) is 1.